The second-order valence-electron chi connectivity index (χ2n) is 8.29. The molecule has 4 aromatic rings. The molecule has 0 saturated carbocycles. The molecule has 2 aliphatic heterocycles. The molecule has 8 heteroatoms. The van der Waals surface area contributed by atoms with Gasteiger partial charge in [0.05, 0.1) is 17.1 Å². The van der Waals surface area contributed by atoms with Gasteiger partial charge in [0.25, 0.3) is 11.8 Å². The van der Waals surface area contributed by atoms with Crippen molar-refractivity contribution in [1.82, 2.24) is 9.97 Å². The molecule has 8 nitrogen and oxygen atoms in total. The second-order valence-corrected chi connectivity index (χ2v) is 8.29. The van der Waals surface area contributed by atoms with Crippen molar-refractivity contribution < 1.29 is 19.5 Å². The van der Waals surface area contributed by atoms with E-state index in [-0.39, 0.29) is 11.4 Å². The van der Waals surface area contributed by atoms with Crippen molar-refractivity contribution in [1.29, 1.82) is 0 Å². The number of allylic oxidation sites excluding steroid dienone is 1. The summed E-state index contributed by atoms with van der Waals surface area (Å²) in [4.78, 5) is 51.9. The largest absolute Gasteiger partial charge is 0.382 e. The summed E-state index contributed by atoms with van der Waals surface area (Å²) in [6.07, 6.45) is 4.66. The third kappa shape index (κ3) is 3.16. The number of para-hydroxylation sites is 2. The first kappa shape index (κ1) is 21.6. The fourth-order valence-electron chi connectivity index (χ4n) is 4.68. The van der Waals surface area contributed by atoms with Gasteiger partial charge in [-0.2, -0.15) is 0 Å². The number of hydrogen-bond acceptors (Lipinski definition) is 6. The lowest BCUT2D eigenvalue weighted by Crippen LogP contribution is -2.36. The van der Waals surface area contributed by atoms with Crippen molar-refractivity contribution in [2.75, 3.05) is 9.80 Å². The zero-order valence-corrected chi connectivity index (χ0v) is 18.8. The fraction of sp³-hybridized carbons (Fsp3) is 0.0357. The average molecular weight is 474 g/mol. The monoisotopic (exact) mass is 474 g/mol. The van der Waals surface area contributed by atoms with Crippen molar-refractivity contribution >= 4 is 29.0 Å². The number of carbonyl (C=O) groups is 3. The lowest BCUT2D eigenvalue weighted by Gasteiger charge is -2.26. The first-order valence-corrected chi connectivity index (χ1v) is 11.2. The summed E-state index contributed by atoms with van der Waals surface area (Å²) in [5, 5.41) is 11.5. The van der Waals surface area contributed by atoms with E-state index in [1.165, 1.54) is 34.6 Å². The van der Waals surface area contributed by atoms with Crippen molar-refractivity contribution in [3.05, 3.63) is 131 Å². The normalized spacial score (nSPS) is 18.2. The number of aliphatic hydroxyl groups is 1. The van der Waals surface area contributed by atoms with E-state index in [1.54, 1.807) is 72.8 Å². The lowest BCUT2D eigenvalue weighted by atomic mass is 10.1. The van der Waals surface area contributed by atoms with Gasteiger partial charge < -0.3 is 5.11 Å². The van der Waals surface area contributed by atoms with Crippen molar-refractivity contribution in [2.24, 2.45) is 0 Å². The zero-order chi connectivity index (χ0) is 24.8. The van der Waals surface area contributed by atoms with Crippen LogP contribution in [0, 0.1) is 0 Å². The van der Waals surface area contributed by atoms with Gasteiger partial charge >= 0.3 is 0 Å². The number of hydrogen-bond donors (Lipinski definition) is 1. The third-order valence-corrected chi connectivity index (χ3v) is 6.30. The van der Waals surface area contributed by atoms with Crippen molar-refractivity contribution in [3.63, 3.8) is 0 Å². The van der Waals surface area contributed by atoms with Crippen LogP contribution >= 0.6 is 0 Å². The van der Waals surface area contributed by atoms with E-state index >= 15 is 0 Å². The van der Waals surface area contributed by atoms with Crippen LogP contribution in [0.15, 0.2) is 109 Å². The molecule has 0 fully saturated rings. The minimum absolute atomic E-state index is 0.0293. The maximum absolute atomic E-state index is 13.8. The van der Waals surface area contributed by atoms with Gasteiger partial charge in [0.15, 0.2) is 0 Å². The highest BCUT2D eigenvalue weighted by Gasteiger charge is 2.46. The Bertz CT molecular complexity index is 1570. The number of aliphatic hydroxyl groups excluding tert-OH is 1. The summed E-state index contributed by atoms with van der Waals surface area (Å²) in [6.45, 7) is 0. The molecular formula is C28H18N4O4. The minimum Gasteiger partial charge on any atom is -0.382 e. The molecule has 0 radical (unpaired) electrons. The molecular weight excluding hydrogens is 456 g/mol. The van der Waals surface area contributed by atoms with Gasteiger partial charge in [-0.1, -0.05) is 30.3 Å². The predicted octanol–water partition coefficient (Wildman–Crippen LogP) is 3.93. The quantitative estimate of drug-likeness (QED) is 0.442. The third-order valence-electron chi connectivity index (χ3n) is 6.30. The predicted molar refractivity (Wildman–Crippen MR) is 131 cm³/mol. The number of nitrogens with zero attached hydrogens (tertiary/aromatic N) is 4. The molecule has 0 spiro atoms. The Morgan fingerprint density at radius 1 is 0.694 bits per heavy atom. The summed E-state index contributed by atoms with van der Waals surface area (Å²) in [5.74, 6) is -1.39. The Balaban J connectivity index is 1.62. The first-order valence-electron chi connectivity index (χ1n) is 11.2. The van der Waals surface area contributed by atoms with Crippen LogP contribution in [0.25, 0.3) is 0 Å². The Hall–Kier alpha value is -4.95. The van der Waals surface area contributed by atoms with E-state index in [0.29, 0.717) is 33.6 Å². The van der Waals surface area contributed by atoms with Crippen LogP contribution in [0.4, 0.5) is 11.4 Å². The van der Waals surface area contributed by atoms with E-state index in [1.807, 2.05) is 0 Å². The summed E-state index contributed by atoms with van der Waals surface area (Å²) in [6, 6.07) is 19.8. The van der Waals surface area contributed by atoms with E-state index in [2.05, 4.69) is 9.97 Å². The van der Waals surface area contributed by atoms with Gasteiger partial charge in [0.1, 0.15) is 11.8 Å². The molecule has 2 amide bonds. The molecule has 6 rings (SSSR count). The molecule has 2 aromatic carbocycles. The molecule has 0 saturated heterocycles. The zero-order valence-electron chi connectivity index (χ0n) is 18.8. The Morgan fingerprint density at radius 3 is 1.86 bits per heavy atom. The van der Waals surface area contributed by atoms with E-state index < -0.39 is 23.7 Å². The highest BCUT2D eigenvalue weighted by atomic mass is 16.3. The second kappa shape index (κ2) is 8.37. The van der Waals surface area contributed by atoms with Crippen molar-refractivity contribution in [2.45, 2.75) is 6.10 Å². The van der Waals surface area contributed by atoms with Gasteiger partial charge in [0, 0.05) is 47.0 Å². The van der Waals surface area contributed by atoms with Crippen LogP contribution in [0.3, 0.4) is 0 Å². The SMILES string of the molecule is O=C1/C(=C2/C(O)c3ccccc3N2C(=O)c2ccncc2)N(C(=O)c2ccncc2)c2ccccc21. The molecule has 0 bridgehead atoms. The molecule has 1 N–H and O–H groups in total. The number of rotatable bonds is 2. The number of benzene rings is 2. The lowest BCUT2D eigenvalue weighted by molar-refractivity contribution is 0.0961. The summed E-state index contributed by atoms with van der Waals surface area (Å²) >= 11 is 0. The average Bonchev–Trinajstić information content (AvgIpc) is 3.39. The highest BCUT2D eigenvalue weighted by Crippen LogP contribution is 2.48. The number of aromatic nitrogens is 2. The van der Waals surface area contributed by atoms with E-state index in [0.717, 1.165) is 0 Å². The standard InChI is InChI=1S/C28H18N4O4/c33-25-19-5-1-3-7-21(19)31(27(35)17-9-13-29-14-10-17)23(25)24-26(34)20-6-2-4-8-22(20)32(24)28(36)18-11-15-30-16-12-18/h1-16,25,33H/b24-23+. The minimum atomic E-state index is -1.31. The molecule has 36 heavy (non-hydrogen) atoms. The van der Waals surface area contributed by atoms with Gasteiger partial charge in [-0.05, 0) is 42.5 Å². The highest BCUT2D eigenvalue weighted by molar-refractivity contribution is 6.29. The van der Waals surface area contributed by atoms with Gasteiger partial charge in [0.2, 0.25) is 5.78 Å². The number of carbonyl (C=O) groups excluding carboxylic acids is 3. The molecule has 0 aliphatic carbocycles. The molecule has 4 heterocycles. The molecule has 2 aliphatic rings. The van der Waals surface area contributed by atoms with Crippen LogP contribution in [0.5, 0.6) is 0 Å². The van der Waals surface area contributed by atoms with Gasteiger partial charge in [-0.3, -0.25) is 34.2 Å². The van der Waals surface area contributed by atoms with Gasteiger partial charge in [-0.25, -0.2) is 0 Å². The Kier molecular flexibility index (Phi) is 5.01. The summed E-state index contributed by atoms with van der Waals surface area (Å²) < 4.78 is 0. The molecule has 1 atom stereocenters. The number of amides is 2. The van der Waals surface area contributed by atoms with E-state index in [9.17, 15) is 19.5 Å². The number of Topliss-reactive ketones (excluding diaryl/α,β-unsaturated/α-hetero) is 1. The number of fused-ring (bicyclic) bond motifs is 2. The Morgan fingerprint density at radius 2 is 1.22 bits per heavy atom. The van der Waals surface area contributed by atoms with Crippen LogP contribution < -0.4 is 9.80 Å². The topological polar surface area (TPSA) is 104 Å². The van der Waals surface area contributed by atoms with E-state index in [4.69, 9.17) is 0 Å². The fourth-order valence-corrected chi connectivity index (χ4v) is 4.68. The van der Waals surface area contributed by atoms with Crippen LogP contribution in [-0.2, 0) is 0 Å². The van der Waals surface area contributed by atoms with Crippen LogP contribution in [0.2, 0.25) is 0 Å². The molecule has 1 unspecified atom stereocenters. The number of anilines is 2. The smallest absolute Gasteiger partial charge is 0.263 e. The maximum atomic E-state index is 13.8. The maximum Gasteiger partial charge on any atom is 0.263 e. The van der Waals surface area contributed by atoms with Crippen LogP contribution in [-0.4, -0.2) is 32.7 Å². The molecule has 2 aromatic heterocycles. The van der Waals surface area contributed by atoms with Crippen molar-refractivity contribution in [3.8, 4) is 0 Å². The number of pyridine rings is 2. The summed E-state index contributed by atoms with van der Waals surface area (Å²) in [7, 11) is 0. The summed E-state index contributed by atoms with van der Waals surface area (Å²) in [5.41, 5.74) is 2.18. The molecule has 174 valence electrons. The van der Waals surface area contributed by atoms with Crippen LogP contribution in [0.1, 0.15) is 42.7 Å². The van der Waals surface area contributed by atoms with Gasteiger partial charge in [-0.15, -0.1) is 0 Å². The number of ketones is 1. The Labute approximate surface area is 205 Å². The first-order chi connectivity index (χ1) is 17.6.